The lowest BCUT2D eigenvalue weighted by Crippen LogP contribution is -2.30. The Hall–Kier alpha value is -3.98. The largest absolute Gasteiger partial charge is 0.481 e. The van der Waals surface area contributed by atoms with Crippen LogP contribution in [0, 0.1) is 18.6 Å². The number of urea groups is 1. The van der Waals surface area contributed by atoms with E-state index in [4.69, 9.17) is 16.7 Å². The third kappa shape index (κ3) is 6.29. The van der Waals surface area contributed by atoms with Gasteiger partial charge < -0.3 is 21.1 Å². The molecule has 0 unspecified atom stereocenters. The third-order valence-corrected chi connectivity index (χ3v) is 5.10. The van der Waals surface area contributed by atoms with Crippen molar-refractivity contribution in [2.75, 3.05) is 17.2 Å². The van der Waals surface area contributed by atoms with E-state index in [1.165, 1.54) is 30.3 Å². The minimum absolute atomic E-state index is 0.0450. The average Bonchev–Trinajstić information content (AvgIpc) is 2.76. The van der Waals surface area contributed by atoms with Gasteiger partial charge in [0.25, 0.3) is 0 Å². The second-order valence-corrected chi connectivity index (χ2v) is 7.73. The lowest BCUT2D eigenvalue weighted by Gasteiger charge is -2.13. The van der Waals surface area contributed by atoms with Crippen molar-refractivity contribution < 1.29 is 28.3 Å². The number of amides is 2. The average molecular weight is 488 g/mol. The van der Waals surface area contributed by atoms with Gasteiger partial charge >= 0.3 is 12.0 Å². The summed E-state index contributed by atoms with van der Waals surface area (Å²) in [6.07, 6.45) is -0.220. The van der Waals surface area contributed by atoms with Gasteiger partial charge in [0.15, 0.2) is 5.78 Å². The highest BCUT2D eigenvalue weighted by molar-refractivity contribution is 6.35. The van der Waals surface area contributed by atoms with Gasteiger partial charge in [-0.05, 0) is 55.0 Å². The quantitative estimate of drug-likeness (QED) is 0.314. The fourth-order valence-corrected chi connectivity index (χ4v) is 3.34. The predicted molar refractivity (Wildman–Crippen MR) is 125 cm³/mol. The Kier molecular flexibility index (Phi) is 7.80. The first-order valence-electron chi connectivity index (χ1n) is 10.1. The maximum Gasteiger partial charge on any atom is 0.319 e. The molecule has 34 heavy (non-hydrogen) atoms. The molecule has 0 saturated heterocycles. The summed E-state index contributed by atoms with van der Waals surface area (Å²) in [5.41, 5.74) is 1.93. The van der Waals surface area contributed by atoms with Gasteiger partial charge in [-0.3, -0.25) is 9.59 Å². The number of benzene rings is 3. The number of carbonyl (C=O) groups excluding carboxylic acids is 2. The molecule has 10 heteroatoms. The number of nitrogens with one attached hydrogen (secondary N) is 3. The second kappa shape index (κ2) is 10.8. The van der Waals surface area contributed by atoms with Gasteiger partial charge in [-0.15, -0.1) is 0 Å². The van der Waals surface area contributed by atoms with E-state index in [1.54, 1.807) is 19.1 Å². The minimum Gasteiger partial charge on any atom is -0.481 e. The van der Waals surface area contributed by atoms with Gasteiger partial charge in [-0.1, -0.05) is 17.7 Å². The highest BCUT2D eigenvalue weighted by atomic mass is 35.5. The highest BCUT2D eigenvalue weighted by Gasteiger charge is 2.17. The number of hydrogen-bond donors (Lipinski definition) is 4. The highest BCUT2D eigenvalue weighted by Crippen LogP contribution is 2.28. The summed E-state index contributed by atoms with van der Waals surface area (Å²) in [6.45, 7) is 1.68. The Morgan fingerprint density at radius 1 is 0.941 bits per heavy atom. The van der Waals surface area contributed by atoms with Crippen LogP contribution in [-0.2, 0) is 4.79 Å². The molecule has 0 heterocycles. The summed E-state index contributed by atoms with van der Waals surface area (Å²) in [5, 5.41) is 16.5. The first-order chi connectivity index (χ1) is 16.1. The molecule has 0 atom stereocenters. The van der Waals surface area contributed by atoms with Crippen LogP contribution in [0.4, 0.5) is 30.6 Å². The van der Waals surface area contributed by atoms with E-state index in [1.807, 2.05) is 0 Å². The molecule has 0 aliphatic carbocycles. The Morgan fingerprint density at radius 3 is 2.35 bits per heavy atom. The van der Waals surface area contributed by atoms with E-state index in [2.05, 4.69) is 16.0 Å². The van der Waals surface area contributed by atoms with Gasteiger partial charge in [-0.2, -0.15) is 0 Å². The number of aliphatic carboxylic acids is 1. The lowest BCUT2D eigenvalue weighted by atomic mass is 9.98. The Labute approximate surface area is 198 Å². The van der Waals surface area contributed by atoms with Crippen LogP contribution in [0.5, 0.6) is 0 Å². The molecule has 3 aromatic rings. The molecule has 0 saturated carbocycles. The number of rotatable bonds is 8. The van der Waals surface area contributed by atoms with Crippen molar-refractivity contribution in [2.45, 2.75) is 13.3 Å². The first kappa shape index (κ1) is 24.7. The molecule has 4 N–H and O–H groups in total. The predicted octanol–water partition coefficient (Wildman–Crippen LogP) is 5.50. The van der Waals surface area contributed by atoms with Gasteiger partial charge in [-0.25, -0.2) is 13.6 Å². The van der Waals surface area contributed by atoms with E-state index in [9.17, 15) is 23.2 Å². The molecule has 7 nitrogen and oxygen atoms in total. The fraction of sp³-hybridized carbons (Fsp3) is 0.125. The summed E-state index contributed by atoms with van der Waals surface area (Å²) in [7, 11) is 0. The van der Waals surface area contributed by atoms with Crippen LogP contribution < -0.4 is 16.0 Å². The number of ketones is 1. The van der Waals surface area contributed by atoms with Crippen molar-refractivity contribution in [3.63, 3.8) is 0 Å². The SMILES string of the molecule is Cc1ccc(NC(=O)NCCC(=O)O)cc1C(=O)c1ccc(Nc2ccc(F)cc2F)cc1Cl. The van der Waals surface area contributed by atoms with E-state index >= 15 is 0 Å². The van der Waals surface area contributed by atoms with Crippen LogP contribution in [0.2, 0.25) is 5.02 Å². The van der Waals surface area contributed by atoms with Gasteiger partial charge in [0, 0.05) is 35.1 Å². The number of anilines is 3. The molecule has 3 rings (SSSR count). The van der Waals surface area contributed by atoms with Crippen LogP contribution in [0.3, 0.4) is 0 Å². The van der Waals surface area contributed by atoms with Gasteiger partial charge in [0.1, 0.15) is 11.6 Å². The lowest BCUT2D eigenvalue weighted by molar-refractivity contribution is -0.136. The molecule has 0 spiro atoms. The Bertz CT molecular complexity index is 1270. The third-order valence-electron chi connectivity index (χ3n) is 4.79. The normalized spacial score (nSPS) is 10.5. The molecule has 0 radical (unpaired) electrons. The molecule has 0 bridgehead atoms. The Balaban J connectivity index is 1.76. The number of carbonyl (C=O) groups is 3. The number of carboxylic acids is 1. The van der Waals surface area contributed by atoms with E-state index in [0.29, 0.717) is 22.5 Å². The zero-order valence-corrected chi connectivity index (χ0v) is 18.7. The van der Waals surface area contributed by atoms with Crippen molar-refractivity contribution in [2.24, 2.45) is 0 Å². The van der Waals surface area contributed by atoms with Crippen LogP contribution in [0.25, 0.3) is 0 Å². The molecule has 3 aromatic carbocycles. The maximum atomic E-state index is 13.9. The van der Waals surface area contributed by atoms with Crippen LogP contribution in [-0.4, -0.2) is 29.4 Å². The smallest absolute Gasteiger partial charge is 0.319 e. The van der Waals surface area contributed by atoms with Crippen molar-refractivity contribution in [1.82, 2.24) is 5.32 Å². The molecule has 0 fully saturated rings. The van der Waals surface area contributed by atoms with Crippen LogP contribution in [0.15, 0.2) is 54.6 Å². The molecule has 176 valence electrons. The number of carboxylic acid groups (broad SMARTS) is 1. The Morgan fingerprint density at radius 2 is 1.68 bits per heavy atom. The van der Waals surface area contributed by atoms with Crippen molar-refractivity contribution >= 4 is 46.4 Å². The van der Waals surface area contributed by atoms with E-state index < -0.39 is 29.4 Å². The zero-order chi connectivity index (χ0) is 24.8. The summed E-state index contributed by atoms with van der Waals surface area (Å²) in [4.78, 5) is 35.6. The summed E-state index contributed by atoms with van der Waals surface area (Å²) < 4.78 is 27.0. The van der Waals surface area contributed by atoms with Gasteiger partial charge in [0.05, 0.1) is 17.1 Å². The van der Waals surface area contributed by atoms with E-state index in [-0.39, 0.29) is 29.2 Å². The molecular formula is C24H20ClF2N3O4. The summed E-state index contributed by atoms with van der Waals surface area (Å²) >= 11 is 6.32. The van der Waals surface area contributed by atoms with E-state index in [0.717, 1.165) is 12.1 Å². The molecule has 0 aromatic heterocycles. The monoisotopic (exact) mass is 487 g/mol. The van der Waals surface area contributed by atoms with Crippen molar-refractivity contribution in [3.8, 4) is 0 Å². The standard InChI is InChI=1S/C24H20ClF2N3O4/c1-13-2-4-15(30-24(34)28-9-8-22(31)32)11-18(13)23(33)17-6-5-16(12-19(17)25)29-21-7-3-14(26)10-20(21)27/h2-7,10-12,29H,8-9H2,1H3,(H,31,32)(H2,28,30,34). The molecule has 0 aliphatic heterocycles. The fourth-order valence-electron chi connectivity index (χ4n) is 3.07. The molecule has 2 amide bonds. The maximum absolute atomic E-state index is 13.9. The second-order valence-electron chi connectivity index (χ2n) is 7.33. The summed E-state index contributed by atoms with van der Waals surface area (Å²) in [5.74, 6) is -2.91. The number of aryl methyl sites for hydroxylation is 1. The minimum atomic E-state index is -1.04. The first-order valence-corrected chi connectivity index (χ1v) is 10.5. The number of halogens is 3. The van der Waals surface area contributed by atoms with Crippen LogP contribution in [0.1, 0.15) is 27.9 Å². The van der Waals surface area contributed by atoms with Crippen molar-refractivity contribution in [3.05, 3.63) is 87.9 Å². The topological polar surface area (TPSA) is 108 Å². The number of hydrogen-bond acceptors (Lipinski definition) is 4. The molecular weight excluding hydrogens is 468 g/mol. The van der Waals surface area contributed by atoms with Gasteiger partial charge in [0.2, 0.25) is 0 Å². The molecule has 0 aliphatic rings. The van der Waals surface area contributed by atoms with Crippen LogP contribution >= 0.6 is 11.6 Å². The van der Waals surface area contributed by atoms with Crippen molar-refractivity contribution in [1.29, 1.82) is 0 Å². The zero-order valence-electron chi connectivity index (χ0n) is 17.9. The summed E-state index contributed by atoms with van der Waals surface area (Å²) in [6, 6.07) is 11.7.